The third-order valence-corrected chi connectivity index (χ3v) is 4.46. The molecule has 2 atom stereocenters. The number of methoxy groups -OCH3 is 1. The lowest BCUT2D eigenvalue weighted by atomic mass is 10.2. The fourth-order valence-electron chi connectivity index (χ4n) is 2.89. The summed E-state index contributed by atoms with van der Waals surface area (Å²) >= 11 is 0. The fraction of sp³-hybridized carbons (Fsp3) is 0.650. The Morgan fingerprint density at radius 2 is 1.96 bits per heavy atom. The second kappa shape index (κ2) is 11.7. The molecule has 2 unspecified atom stereocenters. The summed E-state index contributed by atoms with van der Waals surface area (Å²) in [5.41, 5.74) is 0. The van der Waals surface area contributed by atoms with E-state index in [-0.39, 0.29) is 6.10 Å². The summed E-state index contributed by atoms with van der Waals surface area (Å²) in [7, 11) is 1.65. The predicted molar refractivity (Wildman–Crippen MR) is 109 cm³/mol. The lowest BCUT2D eigenvalue weighted by Crippen LogP contribution is -2.45. The SMILES string of the molecule is CCNC(=NCC(C)N1CCOCC1)NCC(C)Oc1cccc(OC)c1. The van der Waals surface area contributed by atoms with E-state index in [2.05, 4.69) is 29.4 Å². The van der Waals surface area contributed by atoms with Gasteiger partial charge >= 0.3 is 0 Å². The summed E-state index contributed by atoms with van der Waals surface area (Å²) in [6.45, 7) is 12.1. The average molecular weight is 379 g/mol. The normalized spacial score (nSPS) is 17.9. The Labute approximate surface area is 163 Å². The number of hydrogen-bond donors (Lipinski definition) is 2. The van der Waals surface area contributed by atoms with Gasteiger partial charge in [0, 0.05) is 31.7 Å². The molecule has 2 rings (SSSR count). The molecule has 7 nitrogen and oxygen atoms in total. The maximum absolute atomic E-state index is 5.96. The molecular formula is C20H34N4O3. The zero-order valence-electron chi connectivity index (χ0n) is 17.0. The van der Waals surface area contributed by atoms with Crippen LogP contribution in [0.15, 0.2) is 29.3 Å². The highest BCUT2D eigenvalue weighted by Gasteiger charge is 2.16. The number of nitrogens with one attached hydrogen (secondary N) is 2. The van der Waals surface area contributed by atoms with Crippen LogP contribution in [-0.2, 0) is 4.74 Å². The van der Waals surface area contributed by atoms with Crippen LogP contribution in [0.25, 0.3) is 0 Å². The Hall–Kier alpha value is -1.99. The van der Waals surface area contributed by atoms with Crippen molar-refractivity contribution in [3.05, 3.63) is 24.3 Å². The van der Waals surface area contributed by atoms with Gasteiger partial charge in [0.2, 0.25) is 0 Å². The second-order valence-electron chi connectivity index (χ2n) is 6.71. The number of nitrogens with zero attached hydrogens (tertiary/aromatic N) is 2. The van der Waals surface area contributed by atoms with Gasteiger partial charge in [0.25, 0.3) is 0 Å². The van der Waals surface area contributed by atoms with Crippen molar-refractivity contribution in [1.82, 2.24) is 15.5 Å². The zero-order chi connectivity index (χ0) is 19.5. The lowest BCUT2D eigenvalue weighted by molar-refractivity contribution is 0.0220. The van der Waals surface area contributed by atoms with Gasteiger partial charge in [0.1, 0.15) is 17.6 Å². The van der Waals surface area contributed by atoms with Gasteiger partial charge in [0.15, 0.2) is 5.96 Å². The number of benzene rings is 1. The first-order valence-corrected chi connectivity index (χ1v) is 9.77. The Balaban J connectivity index is 1.81. The highest BCUT2D eigenvalue weighted by Crippen LogP contribution is 2.19. The van der Waals surface area contributed by atoms with Gasteiger partial charge in [-0.15, -0.1) is 0 Å². The van der Waals surface area contributed by atoms with Crippen LogP contribution in [0.4, 0.5) is 0 Å². The van der Waals surface area contributed by atoms with E-state index in [0.717, 1.165) is 56.9 Å². The van der Waals surface area contributed by atoms with Gasteiger partial charge in [-0.2, -0.15) is 0 Å². The molecule has 1 saturated heterocycles. The molecule has 0 aliphatic carbocycles. The van der Waals surface area contributed by atoms with E-state index >= 15 is 0 Å². The van der Waals surface area contributed by atoms with E-state index in [1.165, 1.54) is 0 Å². The number of guanidine groups is 1. The Bertz CT molecular complexity index is 576. The molecule has 1 fully saturated rings. The molecule has 1 aromatic rings. The van der Waals surface area contributed by atoms with Crippen LogP contribution in [-0.4, -0.2) is 76.1 Å². The molecule has 27 heavy (non-hydrogen) atoms. The summed E-state index contributed by atoms with van der Waals surface area (Å²) in [4.78, 5) is 7.15. The number of aliphatic imine (C=N–C) groups is 1. The molecule has 1 aliphatic rings. The first kappa shape index (κ1) is 21.3. The molecule has 0 spiro atoms. The quantitative estimate of drug-likeness (QED) is 0.504. The van der Waals surface area contributed by atoms with Crippen LogP contribution < -0.4 is 20.1 Å². The summed E-state index contributed by atoms with van der Waals surface area (Å²) in [5.74, 6) is 2.41. The molecule has 7 heteroatoms. The Morgan fingerprint density at radius 3 is 2.67 bits per heavy atom. The maximum Gasteiger partial charge on any atom is 0.191 e. The summed E-state index contributed by atoms with van der Waals surface area (Å²) < 4.78 is 16.6. The molecule has 0 radical (unpaired) electrons. The minimum atomic E-state index is -0.00220. The van der Waals surface area contributed by atoms with Crippen LogP contribution in [0.1, 0.15) is 20.8 Å². The highest BCUT2D eigenvalue weighted by molar-refractivity contribution is 5.79. The molecule has 1 aromatic carbocycles. The van der Waals surface area contributed by atoms with Crippen molar-refractivity contribution < 1.29 is 14.2 Å². The minimum absolute atomic E-state index is 0.00220. The summed E-state index contributed by atoms with van der Waals surface area (Å²) in [6.07, 6.45) is -0.00220. The largest absolute Gasteiger partial charge is 0.497 e. The molecule has 1 aliphatic heterocycles. The average Bonchev–Trinajstić information content (AvgIpc) is 2.70. The van der Waals surface area contributed by atoms with Crippen molar-refractivity contribution in [3.63, 3.8) is 0 Å². The molecule has 0 aromatic heterocycles. The van der Waals surface area contributed by atoms with Crippen molar-refractivity contribution >= 4 is 5.96 Å². The van der Waals surface area contributed by atoms with E-state index in [0.29, 0.717) is 12.6 Å². The van der Waals surface area contributed by atoms with Crippen molar-refractivity contribution in [1.29, 1.82) is 0 Å². The zero-order valence-corrected chi connectivity index (χ0v) is 17.0. The highest BCUT2D eigenvalue weighted by atomic mass is 16.5. The van der Waals surface area contributed by atoms with E-state index in [9.17, 15) is 0 Å². The molecule has 2 N–H and O–H groups in total. The fourth-order valence-corrected chi connectivity index (χ4v) is 2.89. The lowest BCUT2D eigenvalue weighted by Gasteiger charge is -2.31. The predicted octanol–water partition coefficient (Wildman–Crippen LogP) is 1.74. The van der Waals surface area contributed by atoms with Crippen LogP contribution in [0, 0.1) is 0 Å². The van der Waals surface area contributed by atoms with Gasteiger partial charge < -0.3 is 24.8 Å². The van der Waals surface area contributed by atoms with E-state index < -0.39 is 0 Å². The summed E-state index contributed by atoms with van der Waals surface area (Å²) in [6, 6.07) is 8.05. The van der Waals surface area contributed by atoms with Gasteiger partial charge in [-0.3, -0.25) is 9.89 Å². The van der Waals surface area contributed by atoms with Crippen molar-refractivity contribution in [3.8, 4) is 11.5 Å². The van der Waals surface area contributed by atoms with Crippen molar-refractivity contribution in [2.45, 2.75) is 32.9 Å². The monoisotopic (exact) mass is 378 g/mol. The third-order valence-electron chi connectivity index (χ3n) is 4.46. The standard InChI is InChI=1S/C20H34N4O3/c1-5-21-20(22-14-16(2)24-9-11-26-12-10-24)23-15-17(3)27-19-8-6-7-18(13-19)25-4/h6-8,13,16-17H,5,9-12,14-15H2,1-4H3,(H2,21,22,23). The van der Waals surface area contributed by atoms with Crippen LogP contribution in [0.2, 0.25) is 0 Å². The van der Waals surface area contributed by atoms with Gasteiger partial charge in [-0.1, -0.05) is 6.07 Å². The first-order valence-electron chi connectivity index (χ1n) is 9.77. The molecule has 0 bridgehead atoms. The van der Waals surface area contributed by atoms with Crippen LogP contribution >= 0.6 is 0 Å². The Kier molecular flexibility index (Phi) is 9.21. The molecule has 0 amide bonds. The van der Waals surface area contributed by atoms with E-state index in [4.69, 9.17) is 19.2 Å². The smallest absolute Gasteiger partial charge is 0.191 e. The minimum Gasteiger partial charge on any atom is -0.497 e. The van der Waals surface area contributed by atoms with E-state index in [1.807, 2.05) is 31.2 Å². The van der Waals surface area contributed by atoms with Gasteiger partial charge in [-0.25, -0.2) is 0 Å². The van der Waals surface area contributed by atoms with E-state index in [1.54, 1.807) is 7.11 Å². The van der Waals surface area contributed by atoms with Gasteiger partial charge in [-0.05, 0) is 32.9 Å². The topological polar surface area (TPSA) is 67.4 Å². The third kappa shape index (κ3) is 7.64. The van der Waals surface area contributed by atoms with Crippen LogP contribution in [0.3, 0.4) is 0 Å². The molecule has 1 heterocycles. The molecule has 152 valence electrons. The van der Waals surface area contributed by atoms with Crippen LogP contribution in [0.5, 0.6) is 11.5 Å². The molecular weight excluding hydrogens is 344 g/mol. The summed E-state index contributed by atoms with van der Waals surface area (Å²) in [5, 5.41) is 6.67. The van der Waals surface area contributed by atoms with Crippen molar-refractivity contribution in [2.75, 3.05) is 53.0 Å². The Morgan fingerprint density at radius 1 is 1.22 bits per heavy atom. The number of ether oxygens (including phenoxy) is 3. The number of hydrogen-bond acceptors (Lipinski definition) is 5. The second-order valence-corrected chi connectivity index (χ2v) is 6.71. The number of morpholine rings is 1. The molecule has 0 saturated carbocycles. The number of rotatable bonds is 9. The first-order chi connectivity index (χ1) is 13.1. The maximum atomic E-state index is 5.96. The van der Waals surface area contributed by atoms with Gasteiger partial charge in [0.05, 0.1) is 33.4 Å². The van der Waals surface area contributed by atoms with Crippen molar-refractivity contribution in [2.24, 2.45) is 4.99 Å².